The van der Waals surface area contributed by atoms with Gasteiger partial charge in [-0.25, -0.2) is 0 Å². The van der Waals surface area contributed by atoms with Gasteiger partial charge in [-0.3, -0.25) is 4.79 Å². The first-order chi connectivity index (χ1) is 10.7. The minimum absolute atomic E-state index is 0.109. The summed E-state index contributed by atoms with van der Waals surface area (Å²) in [4.78, 5) is 12.0. The molecule has 1 aromatic rings. The lowest BCUT2D eigenvalue weighted by Crippen LogP contribution is -2.43. The highest BCUT2D eigenvalue weighted by Crippen LogP contribution is 2.60. The van der Waals surface area contributed by atoms with Crippen LogP contribution in [0.4, 0.5) is 0 Å². The summed E-state index contributed by atoms with van der Waals surface area (Å²) in [6.07, 6.45) is 5.60. The number of hydrogen-bond acceptors (Lipinski definition) is 3. The van der Waals surface area contributed by atoms with Crippen molar-refractivity contribution in [3.05, 3.63) is 29.3 Å². The van der Waals surface area contributed by atoms with Crippen LogP contribution in [0.25, 0.3) is 0 Å². The molecule has 0 saturated heterocycles. The molecule has 1 N–H and O–H groups in total. The number of carbonyl (C=O) groups excluding carboxylic acids is 1. The Labute approximate surface area is 131 Å². The molecule has 0 unspecified atom stereocenters. The molecule has 3 nitrogen and oxygen atoms in total. The first-order valence-electron chi connectivity index (χ1n) is 8.46. The van der Waals surface area contributed by atoms with Crippen molar-refractivity contribution in [1.29, 1.82) is 0 Å². The lowest BCUT2D eigenvalue weighted by molar-refractivity contribution is -0.118. The molecule has 0 heterocycles. The van der Waals surface area contributed by atoms with Gasteiger partial charge in [0.1, 0.15) is 11.5 Å². The number of ketones is 1. The van der Waals surface area contributed by atoms with E-state index in [2.05, 4.69) is 18.2 Å². The van der Waals surface area contributed by atoms with Crippen LogP contribution in [0.5, 0.6) is 5.75 Å². The topological polar surface area (TPSA) is 46.5 Å². The second-order valence-electron chi connectivity index (χ2n) is 7.46. The maximum atomic E-state index is 12.0. The zero-order valence-electron chi connectivity index (χ0n) is 13.2. The molecule has 1 aromatic carbocycles. The lowest BCUT2D eigenvalue weighted by Gasteiger charge is -2.49. The van der Waals surface area contributed by atoms with Crippen molar-refractivity contribution in [3.8, 4) is 5.75 Å². The smallest absolute Gasteiger partial charge is 0.133 e. The van der Waals surface area contributed by atoms with E-state index in [1.165, 1.54) is 11.1 Å². The van der Waals surface area contributed by atoms with E-state index in [4.69, 9.17) is 4.74 Å². The van der Waals surface area contributed by atoms with Crippen LogP contribution in [-0.2, 0) is 11.2 Å². The number of Topliss-reactive ketones (excluding diaryl/α,β-unsaturated/α-hetero) is 1. The van der Waals surface area contributed by atoms with E-state index in [-0.39, 0.29) is 12.0 Å². The van der Waals surface area contributed by atoms with Crippen molar-refractivity contribution in [2.45, 2.75) is 44.4 Å². The highest BCUT2D eigenvalue weighted by molar-refractivity contribution is 5.82. The number of aliphatic hydroxyl groups excluding tert-OH is 1. The van der Waals surface area contributed by atoms with E-state index in [0.717, 1.165) is 31.4 Å². The zero-order valence-corrected chi connectivity index (χ0v) is 13.2. The molecule has 3 aliphatic rings. The van der Waals surface area contributed by atoms with Gasteiger partial charge in [0.25, 0.3) is 0 Å². The van der Waals surface area contributed by atoms with E-state index in [1.54, 1.807) is 7.11 Å². The summed E-state index contributed by atoms with van der Waals surface area (Å²) in [6.45, 7) is 0.183. The van der Waals surface area contributed by atoms with Crippen LogP contribution in [0, 0.1) is 17.3 Å². The summed E-state index contributed by atoms with van der Waals surface area (Å²) in [7, 11) is 1.72. The standard InChI is InChI=1S/C19H24O3/c1-22-14-3-5-15-12(8-14)2-4-17-16(15)6-7-19(11-20)10-13(21)9-18(17)19/h3,5,8,16-18,20H,2,4,6-7,9-11H2,1H3/t16-,17-,18+,19-/m1/s1. The van der Waals surface area contributed by atoms with E-state index in [9.17, 15) is 9.90 Å². The molecule has 4 atom stereocenters. The Hall–Kier alpha value is -1.35. The van der Waals surface area contributed by atoms with Gasteiger partial charge in [-0.2, -0.15) is 0 Å². The molecule has 118 valence electrons. The van der Waals surface area contributed by atoms with Gasteiger partial charge in [0.2, 0.25) is 0 Å². The molecule has 4 rings (SSSR count). The number of aliphatic hydroxyl groups is 1. The monoisotopic (exact) mass is 300 g/mol. The van der Waals surface area contributed by atoms with Crippen LogP contribution in [0.3, 0.4) is 0 Å². The fraction of sp³-hybridized carbons (Fsp3) is 0.632. The van der Waals surface area contributed by atoms with Gasteiger partial charge in [-0.05, 0) is 66.7 Å². The Kier molecular flexibility index (Phi) is 3.30. The fourth-order valence-electron chi connectivity index (χ4n) is 5.52. The van der Waals surface area contributed by atoms with E-state index in [1.807, 2.05) is 0 Å². The minimum atomic E-state index is -0.109. The van der Waals surface area contributed by atoms with Crippen molar-refractivity contribution in [2.75, 3.05) is 13.7 Å². The van der Waals surface area contributed by atoms with Crippen molar-refractivity contribution < 1.29 is 14.6 Å². The van der Waals surface area contributed by atoms with Gasteiger partial charge in [-0.15, -0.1) is 0 Å². The molecule has 3 heteroatoms. The maximum absolute atomic E-state index is 12.0. The van der Waals surface area contributed by atoms with Crippen molar-refractivity contribution >= 4 is 5.78 Å². The highest BCUT2D eigenvalue weighted by Gasteiger charge is 2.55. The fourth-order valence-corrected chi connectivity index (χ4v) is 5.52. The number of hydrogen-bond donors (Lipinski definition) is 1. The van der Waals surface area contributed by atoms with E-state index >= 15 is 0 Å². The average Bonchev–Trinajstić information content (AvgIpc) is 2.90. The molecule has 0 aromatic heterocycles. The molecule has 22 heavy (non-hydrogen) atoms. The highest BCUT2D eigenvalue weighted by atomic mass is 16.5. The number of methoxy groups -OCH3 is 1. The molecule has 2 fully saturated rings. The van der Waals surface area contributed by atoms with Crippen LogP contribution in [0.1, 0.15) is 49.1 Å². The third kappa shape index (κ3) is 1.95. The summed E-state index contributed by atoms with van der Waals surface area (Å²) in [6, 6.07) is 6.47. The SMILES string of the molecule is COc1ccc2c(c1)CC[C@@H]1[C@@H]2CC[C@]2(CO)CC(=O)C[C@@H]12. The predicted octanol–water partition coefficient (Wildman–Crippen LogP) is 3.09. The Morgan fingerprint density at radius 3 is 3.00 bits per heavy atom. The maximum Gasteiger partial charge on any atom is 0.133 e. The van der Waals surface area contributed by atoms with Gasteiger partial charge in [0.15, 0.2) is 0 Å². The number of carbonyl (C=O) groups is 1. The summed E-state index contributed by atoms with van der Waals surface area (Å²) >= 11 is 0. The summed E-state index contributed by atoms with van der Waals surface area (Å²) in [5, 5.41) is 9.95. The van der Waals surface area contributed by atoms with Gasteiger partial charge >= 0.3 is 0 Å². The van der Waals surface area contributed by atoms with Crippen molar-refractivity contribution in [3.63, 3.8) is 0 Å². The van der Waals surface area contributed by atoms with E-state index < -0.39 is 0 Å². The van der Waals surface area contributed by atoms with Gasteiger partial charge in [0.05, 0.1) is 7.11 Å². The molecule has 2 saturated carbocycles. The number of benzene rings is 1. The van der Waals surface area contributed by atoms with Crippen LogP contribution >= 0.6 is 0 Å². The quantitative estimate of drug-likeness (QED) is 0.913. The summed E-state index contributed by atoms with van der Waals surface area (Å²) < 4.78 is 5.36. The summed E-state index contributed by atoms with van der Waals surface area (Å²) in [5.74, 6) is 2.81. The molecule has 0 amide bonds. The van der Waals surface area contributed by atoms with Crippen molar-refractivity contribution in [1.82, 2.24) is 0 Å². The molecule has 0 bridgehead atoms. The first-order valence-corrected chi connectivity index (χ1v) is 8.46. The minimum Gasteiger partial charge on any atom is -0.497 e. The van der Waals surface area contributed by atoms with Crippen LogP contribution in [-0.4, -0.2) is 24.6 Å². The zero-order chi connectivity index (χ0) is 15.3. The second-order valence-corrected chi connectivity index (χ2v) is 7.46. The Morgan fingerprint density at radius 1 is 1.36 bits per heavy atom. The second kappa shape index (κ2) is 5.09. The Bertz CT molecular complexity index is 609. The molecule has 0 aliphatic heterocycles. The first kappa shape index (κ1) is 14.3. The molecular weight excluding hydrogens is 276 g/mol. The van der Waals surface area contributed by atoms with Gasteiger partial charge in [0, 0.05) is 24.9 Å². The number of ether oxygens (including phenoxy) is 1. The van der Waals surface area contributed by atoms with Crippen molar-refractivity contribution in [2.24, 2.45) is 17.3 Å². The summed E-state index contributed by atoms with van der Waals surface area (Å²) in [5.41, 5.74) is 2.77. The number of fused-ring (bicyclic) bond motifs is 5. The average molecular weight is 300 g/mol. The van der Waals surface area contributed by atoms with E-state index in [0.29, 0.717) is 36.4 Å². The lowest BCUT2D eigenvalue weighted by atomic mass is 9.55. The van der Waals surface area contributed by atoms with Crippen LogP contribution < -0.4 is 4.74 Å². The number of rotatable bonds is 2. The van der Waals surface area contributed by atoms with Gasteiger partial charge in [-0.1, -0.05) is 6.07 Å². The Morgan fingerprint density at radius 2 is 2.23 bits per heavy atom. The van der Waals surface area contributed by atoms with Gasteiger partial charge < -0.3 is 9.84 Å². The number of aryl methyl sites for hydroxylation is 1. The Balaban J connectivity index is 1.69. The third-order valence-electron chi connectivity index (χ3n) is 6.58. The molecular formula is C19H24O3. The van der Waals surface area contributed by atoms with Crippen LogP contribution in [0.15, 0.2) is 18.2 Å². The molecule has 3 aliphatic carbocycles. The molecule has 0 spiro atoms. The molecule has 0 radical (unpaired) electrons. The normalized spacial score (nSPS) is 36.5. The largest absolute Gasteiger partial charge is 0.497 e. The predicted molar refractivity (Wildman–Crippen MR) is 84.0 cm³/mol. The van der Waals surface area contributed by atoms with Crippen LogP contribution in [0.2, 0.25) is 0 Å². The third-order valence-corrected chi connectivity index (χ3v) is 6.58.